The molecular weight excluding hydrogens is 128 g/mol. The average molecular weight is 130 g/mol. The highest BCUT2D eigenvalue weighted by molar-refractivity contribution is 7.90. The maximum Gasteiger partial charge on any atom is 0.345 e. The van der Waals surface area contributed by atoms with Crippen molar-refractivity contribution in [1.82, 2.24) is 0 Å². The molecular formula is C4H2O3S. The minimum absolute atomic E-state index is 0.454. The highest BCUT2D eigenvalue weighted by Crippen LogP contribution is 2.38. The first kappa shape index (κ1) is 4.14. The van der Waals surface area contributed by atoms with E-state index in [1.54, 1.807) is 6.07 Å². The van der Waals surface area contributed by atoms with Crippen molar-refractivity contribution in [3.8, 4) is 11.7 Å². The van der Waals surface area contributed by atoms with Crippen LogP contribution in [0.5, 0.6) is 11.7 Å². The standard InChI is InChI=1S/C4H2O3S/c1-2-5-4-3(1)6-8-7-4/h1-2H. The van der Waals surface area contributed by atoms with E-state index in [4.69, 9.17) is 12.8 Å². The summed E-state index contributed by atoms with van der Waals surface area (Å²) in [4.78, 5) is 0. The lowest BCUT2D eigenvalue weighted by Gasteiger charge is -1.80. The Labute approximate surface area is 50.0 Å². The summed E-state index contributed by atoms with van der Waals surface area (Å²) in [5, 5.41) is 0. The zero-order valence-electron chi connectivity index (χ0n) is 3.79. The third kappa shape index (κ3) is 0.403. The van der Waals surface area contributed by atoms with E-state index in [9.17, 15) is 0 Å². The minimum Gasteiger partial charge on any atom is -0.431 e. The van der Waals surface area contributed by atoms with Gasteiger partial charge in [0.25, 0.3) is 12.3 Å². The molecule has 1 aromatic rings. The molecule has 0 aliphatic carbocycles. The Balaban J connectivity index is 2.54. The van der Waals surface area contributed by atoms with E-state index < -0.39 is 0 Å². The molecule has 2 rings (SSSR count). The summed E-state index contributed by atoms with van der Waals surface area (Å²) >= 11 is 0.916. The van der Waals surface area contributed by atoms with Crippen LogP contribution in [0.1, 0.15) is 0 Å². The second-order valence-corrected chi connectivity index (χ2v) is 1.78. The fraction of sp³-hybridized carbons (Fsp3) is 0. The van der Waals surface area contributed by atoms with Crippen LogP contribution >= 0.6 is 12.3 Å². The van der Waals surface area contributed by atoms with Gasteiger partial charge in [0.05, 0.1) is 6.26 Å². The largest absolute Gasteiger partial charge is 0.431 e. The Hall–Kier alpha value is -0.770. The van der Waals surface area contributed by atoms with E-state index in [0.29, 0.717) is 11.7 Å². The Morgan fingerprint density at radius 2 is 2.38 bits per heavy atom. The topological polar surface area (TPSA) is 31.6 Å². The predicted octanol–water partition coefficient (Wildman–Crippen LogP) is 1.61. The molecule has 0 aromatic carbocycles. The summed E-state index contributed by atoms with van der Waals surface area (Å²) in [6.07, 6.45) is 1.52. The maximum atomic E-state index is 4.84. The molecule has 0 spiro atoms. The van der Waals surface area contributed by atoms with Crippen molar-refractivity contribution in [3.05, 3.63) is 12.3 Å². The van der Waals surface area contributed by atoms with Crippen molar-refractivity contribution in [2.24, 2.45) is 0 Å². The molecule has 0 unspecified atom stereocenters. The van der Waals surface area contributed by atoms with Gasteiger partial charge >= 0.3 is 5.95 Å². The quantitative estimate of drug-likeness (QED) is 0.499. The molecule has 0 N–H and O–H groups in total. The van der Waals surface area contributed by atoms with Crippen molar-refractivity contribution in [3.63, 3.8) is 0 Å². The number of rotatable bonds is 0. The van der Waals surface area contributed by atoms with Crippen LogP contribution in [0.15, 0.2) is 16.7 Å². The molecule has 1 aromatic heterocycles. The molecule has 1 aliphatic rings. The highest BCUT2D eigenvalue weighted by Gasteiger charge is 2.18. The van der Waals surface area contributed by atoms with E-state index in [1.807, 2.05) is 0 Å². The third-order valence-electron chi connectivity index (χ3n) is 0.829. The highest BCUT2D eigenvalue weighted by atomic mass is 32.2. The van der Waals surface area contributed by atoms with Gasteiger partial charge in [0.1, 0.15) is 0 Å². The van der Waals surface area contributed by atoms with E-state index in [1.165, 1.54) is 6.26 Å². The van der Waals surface area contributed by atoms with Crippen molar-refractivity contribution in [2.45, 2.75) is 0 Å². The fourth-order valence-corrected chi connectivity index (χ4v) is 0.905. The molecule has 2 heterocycles. The zero-order chi connectivity index (χ0) is 5.40. The zero-order valence-corrected chi connectivity index (χ0v) is 4.60. The summed E-state index contributed by atoms with van der Waals surface area (Å²) in [6, 6.07) is 1.70. The lowest BCUT2D eigenvalue weighted by atomic mass is 10.6. The Morgan fingerprint density at radius 3 is 3.25 bits per heavy atom. The van der Waals surface area contributed by atoms with Crippen molar-refractivity contribution in [1.29, 1.82) is 0 Å². The Kier molecular flexibility index (Phi) is 0.700. The van der Waals surface area contributed by atoms with Gasteiger partial charge in [-0.15, -0.1) is 0 Å². The van der Waals surface area contributed by atoms with Gasteiger partial charge in [0.15, 0.2) is 0 Å². The van der Waals surface area contributed by atoms with Gasteiger partial charge in [-0.05, 0) is 0 Å². The first-order valence-electron chi connectivity index (χ1n) is 2.05. The van der Waals surface area contributed by atoms with Crippen LogP contribution in [-0.2, 0) is 0 Å². The summed E-state index contributed by atoms with van der Waals surface area (Å²) in [5.74, 6) is 1.12. The molecule has 8 heavy (non-hydrogen) atoms. The molecule has 0 fully saturated rings. The van der Waals surface area contributed by atoms with Crippen LogP contribution in [0.2, 0.25) is 0 Å². The van der Waals surface area contributed by atoms with Crippen LogP contribution < -0.4 is 8.37 Å². The Bertz CT molecular complexity index is 176. The van der Waals surface area contributed by atoms with Gasteiger partial charge < -0.3 is 12.8 Å². The lowest BCUT2D eigenvalue weighted by Crippen LogP contribution is -1.68. The van der Waals surface area contributed by atoms with Crippen LogP contribution in [0.3, 0.4) is 0 Å². The number of fused-ring (bicyclic) bond motifs is 1. The molecule has 0 radical (unpaired) electrons. The van der Waals surface area contributed by atoms with Crippen molar-refractivity contribution >= 4 is 12.3 Å². The van der Waals surface area contributed by atoms with Gasteiger partial charge in [0, 0.05) is 6.07 Å². The number of furan rings is 1. The van der Waals surface area contributed by atoms with Crippen molar-refractivity contribution in [2.75, 3.05) is 0 Å². The normalized spacial score (nSPS) is 14.5. The van der Waals surface area contributed by atoms with Crippen molar-refractivity contribution < 1.29 is 12.8 Å². The molecule has 4 heteroatoms. The fourth-order valence-electron chi connectivity index (χ4n) is 0.491. The molecule has 0 saturated heterocycles. The second kappa shape index (κ2) is 1.35. The number of hydrogen-bond acceptors (Lipinski definition) is 4. The van der Waals surface area contributed by atoms with E-state index in [2.05, 4.69) is 0 Å². The maximum absolute atomic E-state index is 4.84. The van der Waals surface area contributed by atoms with Gasteiger partial charge in [-0.2, -0.15) is 0 Å². The van der Waals surface area contributed by atoms with Gasteiger partial charge in [-0.25, -0.2) is 0 Å². The molecule has 1 aliphatic heterocycles. The third-order valence-corrected chi connectivity index (χ3v) is 1.30. The second-order valence-electron chi connectivity index (χ2n) is 1.31. The number of hydrogen-bond donors (Lipinski definition) is 0. The van der Waals surface area contributed by atoms with E-state index in [-0.39, 0.29) is 0 Å². The molecule has 0 bridgehead atoms. The van der Waals surface area contributed by atoms with Crippen LogP contribution in [0, 0.1) is 0 Å². The van der Waals surface area contributed by atoms with Gasteiger partial charge in [0.2, 0.25) is 5.75 Å². The Morgan fingerprint density at radius 1 is 1.38 bits per heavy atom. The predicted molar refractivity (Wildman–Crippen MR) is 27.6 cm³/mol. The molecule has 0 amide bonds. The van der Waals surface area contributed by atoms with Crippen LogP contribution in [0.4, 0.5) is 0 Å². The summed E-state index contributed by atoms with van der Waals surface area (Å²) in [5.41, 5.74) is 0. The van der Waals surface area contributed by atoms with Crippen LogP contribution in [0.25, 0.3) is 0 Å². The minimum atomic E-state index is 0.454. The lowest BCUT2D eigenvalue weighted by molar-refractivity contribution is 0.429. The summed E-state index contributed by atoms with van der Waals surface area (Å²) < 4.78 is 14.4. The average Bonchev–Trinajstić information content (AvgIpc) is 2.15. The smallest absolute Gasteiger partial charge is 0.345 e. The van der Waals surface area contributed by atoms with Gasteiger partial charge in [-0.1, -0.05) is 0 Å². The molecule has 42 valence electrons. The molecule has 0 saturated carbocycles. The summed E-state index contributed by atoms with van der Waals surface area (Å²) in [6.45, 7) is 0. The first-order valence-corrected chi connectivity index (χ1v) is 2.72. The summed E-state index contributed by atoms with van der Waals surface area (Å²) in [7, 11) is 0. The molecule has 0 atom stereocenters. The van der Waals surface area contributed by atoms with Gasteiger partial charge in [-0.3, -0.25) is 0 Å². The van der Waals surface area contributed by atoms with E-state index >= 15 is 0 Å². The SMILES string of the molecule is c1cc2c(o1)OSO2. The monoisotopic (exact) mass is 130 g/mol. The molecule has 3 nitrogen and oxygen atoms in total. The van der Waals surface area contributed by atoms with Crippen LogP contribution in [-0.4, -0.2) is 0 Å². The first-order chi connectivity index (χ1) is 3.97. The van der Waals surface area contributed by atoms with E-state index in [0.717, 1.165) is 12.3 Å².